The van der Waals surface area contributed by atoms with Gasteiger partial charge in [-0.15, -0.1) is 0 Å². The maximum Gasteiger partial charge on any atom is 0.224 e. The fourth-order valence-electron chi connectivity index (χ4n) is 3.83. The van der Waals surface area contributed by atoms with Crippen LogP contribution in [0.2, 0.25) is 0 Å². The van der Waals surface area contributed by atoms with Gasteiger partial charge in [-0.1, -0.05) is 6.07 Å². The molecule has 3 rings (SSSR count). The van der Waals surface area contributed by atoms with Crippen LogP contribution in [-0.4, -0.2) is 49.0 Å². The fourth-order valence-corrected chi connectivity index (χ4v) is 3.83. The van der Waals surface area contributed by atoms with Crippen LogP contribution in [0, 0.1) is 0 Å². The van der Waals surface area contributed by atoms with Gasteiger partial charge in [0.05, 0.1) is 6.61 Å². The molecule has 142 valence electrons. The molecule has 2 heterocycles. The summed E-state index contributed by atoms with van der Waals surface area (Å²) in [6, 6.07) is 6.10. The van der Waals surface area contributed by atoms with E-state index < -0.39 is 0 Å². The van der Waals surface area contributed by atoms with E-state index in [1.165, 1.54) is 0 Å². The minimum Gasteiger partial charge on any atom is -0.493 e. The quantitative estimate of drug-likeness (QED) is 0.733. The monoisotopic (exact) mass is 359 g/mol. The summed E-state index contributed by atoms with van der Waals surface area (Å²) >= 11 is 0. The summed E-state index contributed by atoms with van der Waals surface area (Å²) in [5, 5.41) is 6.23. The number of ether oxygens (including phenoxy) is 1. The molecule has 1 aromatic rings. The maximum atomic E-state index is 12.6. The van der Waals surface area contributed by atoms with Crippen LogP contribution < -0.4 is 15.4 Å². The molecular weight excluding hydrogens is 330 g/mol. The molecule has 2 aliphatic heterocycles. The molecule has 2 amide bonds. The van der Waals surface area contributed by atoms with Gasteiger partial charge >= 0.3 is 0 Å². The second kappa shape index (κ2) is 9.03. The molecule has 1 aromatic carbocycles. The zero-order chi connectivity index (χ0) is 18.4. The Morgan fingerprint density at radius 1 is 1.27 bits per heavy atom. The van der Waals surface area contributed by atoms with E-state index >= 15 is 0 Å². The van der Waals surface area contributed by atoms with Crippen molar-refractivity contribution in [3.8, 4) is 5.75 Å². The summed E-state index contributed by atoms with van der Waals surface area (Å²) in [5.74, 6) is 1.10. The van der Waals surface area contributed by atoms with Crippen molar-refractivity contribution in [1.29, 1.82) is 0 Å². The Kier molecular flexibility index (Phi) is 6.50. The lowest BCUT2D eigenvalue weighted by Gasteiger charge is -2.34. The van der Waals surface area contributed by atoms with E-state index in [0.29, 0.717) is 38.3 Å². The summed E-state index contributed by atoms with van der Waals surface area (Å²) in [6.07, 6.45) is 4.50. The normalized spacial score (nSPS) is 17.3. The van der Waals surface area contributed by atoms with Crippen molar-refractivity contribution in [2.45, 2.75) is 51.5 Å². The molecule has 0 saturated carbocycles. The third-order valence-electron chi connectivity index (χ3n) is 5.21. The van der Waals surface area contributed by atoms with Crippen molar-refractivity contribution in [3.05, 3.63) is 23.8 Å². The minimum absolute atomic E-state index is 0.0535. The number of amides is 2. The van der Waals surface area contributed by atoms with Gasteiger partial charge in [-0.2, -0.15) is 0 Å². The molecule has 0 radical (unpaired) electrons. The van der Waals surface area contributed by atoms with E-state index in [1.807, 2.05) is 23.1 Å². The molecule has 0 unspecified atom stereocenters. The van der Waals surface area contributed by atoms with Crippen LogP contribution in [0.1, 0.15) is 44.6 Å². The first-order chi connectivity index (χ1) is 12.7. The van der Waals surface area contributed by atoms with Crippen molar-refractivity contribution in [3.63, 3.8) is 0 Å². The van der Waals surface area contributed by atoms with Crippen LogP contribution >= 0.6 is 0 Å². The van der Waals surface area contributed by atoms with Crippen LogP contribution in [0.4, 0.5) is 5.69 Å². The summed E-state index contributed by atoms with van der Waals surface area (Å²) in [6.45, 7) is 5.33. The molecule has 2 aliphatic rings. The van der Waals surface area contributed by atoms with E-state index in [9.17, 15) is 9.59 Å². The van der Waals surface area contributed by atoms with Gasteiger partial charge in [0.1, 0.15) is 5.75 Å². The Balaban J connectivity index is 1.47. The Bertz CT molecular complexity index is 641. The topological polar surface area (TPSA) is 70.7 Å². The highest BCUT2D eigenvalue weighted by molar-refractivity contribution is 5.94. The number of hydrogen-bond donors (Lipinski definition) is 2. The van der Waals surface area contributed by atoms with Crippen molar-refractivity contribution in [2.24, 2.45) is 0 Å². The Morgan fingerprint density at radius 3 is 2.85 bits per heavy atom. The average molecular weight is 359 g/mol. The van der Waals surface area contributed by atoms with Crippen LogP contribution in [0.25, 0.3) is 0 Å². The van der Waals surface area contributed by atoms with Crippen molar-refractivity contribution in [2.75, 3.05) is 31.6 Å². The van der Waals surface area contributed by atoms with Gasteiger partial charge in [-0.05, 0) is 57.8 Å². The molecule has 0 atom stereocenters. The van der Waals surface area contributed by atoms with Crippen LogP contribution in [0.15, 0.2) is 18.2 Å². The lowest BCUT2D eigenvalue weighted by atomic mass is 10.0. The number of fused-ring (bicyclic) bond motifs is 1. The molecule has 26 heavy (non-hydrogen) atoms. The number of carbonyl (C=O) groups excluding carboxylic acids is 2. The highest BCUT2D eigenvalue weighted by Gasteiger charge is 2.23. The summed E-state index contributed by atoms with van der Waals surface area (Å²) in [7, 11) is 0. The van der Waals surface area contributed by atoms with Gasteiger partial charge in [-0.25, -0.2) is 0 Å². The lowest BCUT2D eigenvalue weighted by Crippen LogP contribution is -2.46. The molecule has 0 spiro atoms. The summed E-state index contributed by atoms with van der Waals surface area (Å²) in [4.78, 5) is 26.1. The van der Waals surface area contributed by atoms with E-state index in [-0.39, 0.29) is 11.8 Å². The van der Waals surface area contributed by atoms with Gasteiger partial charge in [0, 0.05) is 36.7 Å². The Morgan fingerprint density at radius 2 is 2.08 bits per heavy atom. The standard InChI is InChI=1S/C20H29N3O3/c1-2-23(15-10-12-21-13-11-15)20(25)7-4-14-26-18-6-3-5-17-16(18)8-9-19(24)22-17/h3,5-6,15,21H,2,4,7-14H2,1H3,(H,22,24). The minimum atomic E-state index is 0.0535. The molecule has 2 N–H and O–H groups in total. The number of rotatable bonds is 7. The Labute approximate surface area is 155 Å². The summed E-state index contributed by atoms with van der Waals surface area (Å²) in [5.41, 5.74) is 1.90. The first-order valence-electron chi connectivity index (χ1n) is 9.73. The summed E-state index contributed by atoms with van der Waals surface area (Å²) < 4.78 is 5.92. The largest absolute Gasteiger partial charge is 0.493 e. The van der Waals surface area contributed by atoms with Crippen molar-refractivity contribution < 1.29 is 14.3 Å². The van der Waals surface area contributed by atoms with E-state index in [2.05, 4.69) is 17.6 Å². The molecule has 0 bridgehead atoms. The highest BCUT2D eigenvalue weighted by atomic mass is 16.5. The molecule has 6 nitrogen and oxygen atoms in total. The number of hydrogen-bond acceptors (Lipinski definition) is 4. The predicted octanol–water partition coefficient (Wildman–Crippen LogP) is 2.33. The number of nitrogens with zero attached hydrogens (tertiary/aromatic N) is 1. The molecule has 1 fully saturated rings. The SMILES string of the molecule is CCN(C(=O)CCCOc1cccc2c1CCC(=O)N2)C1CCNCC1. The predicted molar refractivity (Wildman–Crippen MR) is 101 cm³/mol. The number of benzene rings is 1. The van der Waals surface area contributed by atoms with Crippen LogP contribution in [-0.2, 0) is 16.0 Å². The number of carbonyl (C=O) groups is 2. The molecule has 6 heteroatoms. The number of nitrogens with one attached hydrogen (secondary N) is 2. The second-order valence-electron chi connectivity index (χ2n) is 6.94. The van der Waals surface area contributed by atoms with Gasteiger partial charge in [-0.3, -0.25) is 9.59 Å². The van der Waals surface area contributed by atoms with Gasteiger partial charge in [0.25, 0.3) is 0 Å². The first-order valence-corrected chi connectivity index (χ1v) is 9.73. The third-order valence-corrected chi connectivity index (χ3v) is 5.21. The zero-order valence-electron chi connectivity index (χ0n) is 15.6. The lowest BCUT2D eigenvalue weighted by molar-refractivity contribution is -0.134. The highest BCUT2D eigenvalue weighted by Crippen LogP contribution is 2.31. The first kappa shape index (κ1) is 18.7. The third kappa shape index (κ3) is 4.55. The van der Waals surface area contributed by atoms with Gasteiger partial charge in [0.15, 0.2) is 0 Å². The Hall–Kier alpha value is -2.08. The van der Waals surface area contributed by atoms with Gasteiger partial charge in [0.2, 0.25) is 11.8 Å². The molecule has 0 aliphatic carbocycles. The van der Waals surface area contributed by atoms with Crippen LogP contribution in [0.3, 0.4) is 0 Å². The zero-order valence-corrected chi connectivity index (χ0v) is 15.6. The number of anilines is 1. The van der Waals surface area contributed by atoms with Crippen LogP contribution in [0.5, 0.6) is 5.75 Å². The molecule has 1 saturated heterocycles. The van der Waals surface area contributed by atoms with E-state index in [1.54, 1.807) is 0 Å². The maximum absolute atomic E-state index is 12.6. The van der Waals surface area contributed by atoms with E-state index in [4.69, 9.17) is 4.74 Å². The smallest absolute Gasteiger partial charge is 0.224 e. The second-order valence-corrected chi connectivity index (χ2v) is 6.94. The van der Waals surface area contributed by atoms with Gasteiger partial charge < -0.3 is 20.3 Å². The van der Waals surface area contributed by atoms with E-state index in [0.717, 1.165) is 49.5 Å². The van der Waals surface area contributed by atoms with Crippen molar-refractivity contribution >= 4 is 17.5 Å². The molecule has 0 aromatic heterocycles. The average Bonchev–Trinajstić information content (AvgIpc) is 2.66. The number of piperidine rings is 1. The fraction of sp³-hybridized carbons (Fsp3) is 0.600. The molecular formula is C20H29N3O3. The van der Waals surface area contributed by atoms with Crippen molar-refractivity contribution in [1.82, 2.24) is 10.2 Å².